The number of hydrogen-bond donors (Lipinski definition) is 1. The minimum absolute atomic E-state index is 0.130. The van der Waals surface area contributed by atoms with E-state index in [1.807, 2.05) is 53.4 Å². The molecule has 1 N–H and O–H groups in total. The van der Waals surface area contributed by atoms with Gasteiger partial charge in [0.1, 0.15) is 12.1 Å². The molecule has 0 radical (unpaired) electrons. The molecule has 0 spiro atoms. The lowest BCUT2D eigenvalue weighted by Gasteiger charge is -2.20. The zero-order valence-corrected chi connectivity index (χ0v) is 14.7. The van der Waals surface area contributed by atoms with Gasteiger partial charge >= 0.3 is 0 Å². The quantitative estimate of drug-likeness (QED) is 0.764. The van der Waals surface area contributed by atoms with Crippen LogP contribution in [0, 0.1) is 0 Å². The predicted molar refractivity (Wildman–Crippen MR) is 104 cm³/mol. The molecule has 4 rings (SSSR count). The zero-order valence-electron chi connectivity index (χ0n) is 14.7. The minimum atomic E-state index is 0.130. The Balaban J connectivity index is 1.51. The van der Waals surface area contributed by atoms with E-state index in [4.69, 9.17) is 0 Å². The van der Waals surface area contributed by atoms with Crippen LogP contribution in [0.15, 0.2) is 54.9 Å². The fourth-order valence-corrected chi connectivity index (χ4v) is 3.39. The maximum absolute atomic E-state index is 12.7. The van der Waals surface area contributed by atoms with Gasteiger partial charge in [0.05, 0.1) is 5.52 Å². The van der Waals surface area contributed by atoms with Crippen LogP contribution in [0.25, 0.3) is 10.9 Å². The number of carbonyl (C=O) groups excluding carboxylic acids is 1. The van der Waals surface area contributed by atoms with E-state index in [1.54, 1.807) is 6.33 Å². The number of carbonyl (C=O) groups is 1. The van der Waals surface area contributed by atoms with E-state index in [9.17, 15) is 4.79 Å². The Hall–Kier alpha value is -2.95. The highest BCUT2D eigenvalue weighted by Crippen LogP contribution is 2.23. The van der Waals surface area contributed by atoms with E-state index in [0.29, 0.717) is 0 Å². The molecule has 2 aromatic carbocycles. The second-order valence-corrected chi connectivity index (χ2v) is 6.65. The molecule has 132 valence electrons. The first kappa shape index (κ1) is 16.5. The zero-order chi connectivity index (χ0) is 17.8. The van der Waals surface area contributed by atoms with Gasteiger partial charge in [-0.15, -0.1) is 0 Å². The Morgan fingerprint density at radius 1 is 0.885 bits per heavy atom. The van der Waals surface area contributed by atoms with Crippen molar-refractivity contribution in [1.29, 1.82) is 0 Å². The number of nitrogens with zero attached hydrogens (tertiary/aromatic N) is 3. The van der Waals surface area contributed by atoms with Gasteiger partial charge in [-0.1, -0.05) is 25.0 Å². The van der Waals surface area contributed by atoms with Gasteiger partial charge in [-0.25, -0.2) is 9.97 Å². The number of likely N-dealkylation sites (tertiary alicyclic amines) is 1. The average molecular weight is 346 g/mol. The average Bonchev–Trinajstić information content (AvgIpc) is 2.98. The van der Waals surface area contributed by atoms with Crippen molar-refractivity contribution in [2.75, 3.05) is 18.4 Å². The molecule has 26 heavy (non-hydrogen) atoms. The van der Waals surface area contributed by atoms with Crippen LogP contribution in [0.3, 0.4) is 0 Å². The van der Waals surface area contributed by atoms with Crippen molar-refractivity contribution in [2.24, 2.45) is 0 Å². The van der Waals surface area contributed by atoms with E-state index >= 15 is 0 Å². The first-order valence-corrected chi connectivity index (χ1v) is 9.17. The summed E-state index contributed by atoms with van der Waals surface area (Å²) in [4.78, 5) is 23.3. The number of amides is 1. The van der Waals surface area contributed by atoms with Crippen molar-refractivity contribution >= 4 is 28.3 Å². The number of fused-ring (bicyclic) bond motifs is 1. The van der Waals surface area contributed by atoms with Crippen LogP contribution in [0.2, 0.25) is 0 Å². The summed E-state index contributed by atoms with van der Waals surface area (Å²) in [6, 6.07) is 15.5. The molecular weight excluding hydrogens is 324 g/mol. The summed E-state index contributed by atoms with van der Waals surface area (Å²) < 4.78 is 0. The highest BCUT2D eigenvalue weighted by atomic mass is 16.2. The maximum atomic E-state index is 12.7. The lowest BCUT2D eigenvalue weighted by molar-refractivity contribution is 0.0761. The summed E-state index contributed by atoms with van der Waals surface area (Å²) in [5.74, 6) is 0.896. The van der Waals surface area contributed by atoms with Crippen molar-refractivity contribution in [3.8, 4) is 0 Å². The van der Waals surface area contributed by atoms with Crippen LogP contribution in [-0.4, -0.2) is 33.9 Å². The van der Waals surface area contributed by atoms with Crippen LogP contribution < -0.4 is 5.32 Å². The number of hydrogen-bond acceptors (Lipinski definition) is 4. The van der Waals surface area contributed by atoms with E-state index in [0.717, 1.165) is 53.9 Å². The van der Waals surface area contributed by atoms with Crippen molar-refractivity contribution in [1.82, 2.24) is 14.9 Å². The number of benzene rings is 2. The number of para-hydroxylation sites is 1. The van der Waals surface area contributed by atoms with Crippen LogP contribution in [0.4, 0.5) is 11.5 Å². The second kappa shape index (κ2) is 7.52. The Morgan fingerprint density at radius 3 is 2.38 bits per heavy atom. The largest absolute Gasteiger partial charge is 0.340 e. The monoisotopic (exact) mass is 346 g/mol. The Kier molecular flexibility index (Phi) is 4.78. The normalized spacial score (nSPS) is 14.8. The molecule has 2 heterocycles. The molecule has 1 aliphatic rings. The van der Waals surface area contributed by atoms with Crippen LogP contribution >= 0.6 is 0 Å². The minimum Gasteiger partial charge on any atom is -0.340 e. The number of aromatic nitrogens is 2. The fourth-order valence-electron chi connectivity index (χ4n) is 3.39. The standard InChI is InChI=1S/C21H22N4O/c26-21(25-13-5-1-2-6-14-25)16-9-11-17(12-10-16)24-20-18-7-3-4-8-19(18)22-15-23-20/h3-4,7-12,15H,1-2,5-6,13-14H2,(H,22,23,24). The van der Waals surface area contributed by atoms with Gasteiger partial charge in [0.15, 0.2) is 0 Å². The Bertz CT molecular complexity index is 894. The summed E-state index contributed by atoms with van der Waals surface area (Å²) in [6.07, 6.45) is 6.21. The summed E-state index contributed by atoms with van der Waals surface area (Å²) in [7, 11) is 0. The van der Waals surface area contributed by atoms with Gasteiger partial charge in [0.25, 0.3) is 5.91 Å². The topological polar surface area (TPSA) is 58.1 Å². The van der Waals surface area contributed by atoms with Gasteiger partial charge < -0.3 is 10.2 Å². The molecule has 0 aliphatic carbocycles. The summed E-state index contributed by atoms with van der Waals surface area (Å²) in [5.41, 5.74) is 2.55. The molecule has 1 aliphatic heterocycles. The van der Waals surface area contributed by atoms with Crippen molar-refractivity contribution in [2.45, 2.75) is 25.7 Å². The molecule has 5 heteroatoms. The third-order valence-corrected chi connectivity index (χ3v) is 4.83. The van der Waals surface area contributed by atoms with Gasteiger partial charge in [0, 0.05) is 29.7 Å². The van der Waals surface area contributed by atoms with Crippen LogP contribution in [-0.2, 0) is 0 Å². The summed E-state index contributed by atoms with van der Waals surface area (Å²) >= 11 is 0. The van der Waals surface area contributed by atoms with Crippen molar-refractivity contribution < 1.29 is 4.79 Å². The number of rotatable bonds is 3. The fraction of sp³-hybridized carbons (Fsp3) is 0.286. The second-order valence-electron chi connectivity index (χ2n) is 6.65. The predicted octanol–water partition coefficient (Wildman–Crippen LogP) is 4.39. The molecular formula is C21H22N4O. The SMILES string of the molecule is O=C(c1ccc(Nc2ncnc3ccccc23)cc1)N1CCCCCC1. The van der Waals surface area contributed by atoms with Crippen molar-refractivity contribution in [3.05, 3.63) is 60.4 Å². The molecule has 3 aromatic rings. The first-order valence-electron chi connectivity index (χ1n) is 9.17. The molecule has 0 bridgehead atoms. The molecule has 1 saturated heterocycles. The number of nitrogens with one attached hydrogen (secondary N) is 1. The lowest BCUT2D eigenvalue weighted by Crippen LogP contribution is -2.31. The van der Waals surface area contributed by atoms with Gasteiger partial charge in [-0.3, -0.25) is 4.79 Å². The third kappa shape index (κ3) is 3.52. The van der Waals surface area contributed by atoms with E-state index < -0.39 is 0 Å². The molecule has 1 aromatic heterocycles. The summed E-state index contributed by atoms with van der Waals surface area (Å²) in [6.45, 7) is 1.73. The van der Waals surface area contributed by atoms with E-state index in [-0.39, 0.29) is 5.91 Å². The van der Waals surface area contributed by atoms with Crippen LogP contribution in [0.5, 0.6) is 0 Å². The third-order valence-electron chi connectivity index (χ3n) is 4.83. The molecule has 1 fully saturated rings. The lowest BCUT2D eigenvalue weighted by atomic mass is 10.1. The Labute approximate surface area is 153 Å². The Morgan fingerprint density at radius 2 is 1.62 bits per heavy atom. The maximum Gasteiger partial charge on any atom is 0.253 e. The first-order chi connectivity index (χ1) is 12.8. The highest BCUT2D eigenvalue weighted by Gasteiger charge is 2.17. The van der Waals surface area contributed by atoms with Gasteiger partial charge in [-0.2, -0.15) is 0 Å². The molecule has 0 saturated carbocycles. The van der Waals surface area contributed by atoms with E-state index in [2.05, 4.69) is 15.3 Å². The number of anilines is 2. The molecule has 1 amide bonds. The molecule has 0 atom stereocenters. The summed E-state index contributed by atoms with van der Waals surface area (Å²) in [5, 5.41) is 4.30. The smallest absolute Gasteiger partial charge is 0.253 e. The van der Waals surface area contributed by atoms with Crippen LogP contribution in [0.1, 0.15) is 36.0 Å². The van der Waals surface area contributed by atoms with Gasteiger partial charge in [0.2, 0.25) is 0 Å². The van der Waals surface area contributed by atoms with E-state index in [1.165, 1.54) is 12.8 Å². The molecule has 0 unspecified atom stereocenters. The van der Waals surface area contributed by atoms with Gasteiger partial charge in [-0.05, 0) is 49.2 Å². The molecule has 5 nitrogen and oxygen atoms in total. The van der Waals surface area contributed by atoms with Crippen molar-refractivity contribution in [3.63, 3.8) is 0 Å². The highest BCUT2D eigenvalue weighted by molar-refractivity contribution is 5.95.